The molecule has 0 fully saturated rings. The number of thiophene rings is 1. The Morgan fingerprint density at radius 3 is 2.47 bits per heavy atom. The minimum Gasteiger partial charge on any atom is -0.118 e. The van der Waals surface area contributed by atoms with Crippen molar-refractivity contribution in [3.63, 3.8) is 0 Å². The van der Waals surface area contributed by atoms with E-state index in [0.29, 0.717) is 15.2 Å². The lowest BCUT2D eigenvalue weighted by Gasteiger charge is -2.04. The Balaban J connectivity index is 2.35. The minimum absolute atomic E-state index is 0.408. The van der Waals surface area contributed by atoms with Gasteiger partial charge in [0.15, 0.2) is 9.58 Å². The van der Waals surface area contributed by atoms with Gasteiger partial charge in [0, 0.05) is 17.0 Å². The molecule has 98 valence electrons. The summed E-state index contributed by atoms with van der Waals surface area (Å²) in [7, 11) is -1.81. The van der Waals surface area contributed by atoms with Gasteiger partial charge in [-0.2, -0.15) is 0 Å². The Hall–Kier alpha value is -1.55. The molecule has 1 heterocycles. The molecule has 0 amide bonds. The lowest BCUT2D eigenvalue weighted by atomic mass is 10.0. The molecule has 0 saturated heterocycles. The van der Waals surface area contributed by atoms with Crippen molar-refractivity contribution >= 4 is 26.1 Å². The first-order valence-corrected chi connectivity index (χ1v) is 7.28. The molecule has 1 aromatic heterocycles. The molecule has 1 aliphatic carbocycles. The van der Waals surface area contributed by atoms with E-state index in [1.165, 1.54) is 0 Å². The quantitative estimate of drug-likeness (QED) is 0.630. The molecule has 19 heavy (non-hydrogen) atoms. The van der Waals surface area contributed by atoms with Crippen molar-refractivity contribution in [2.45, 2.75) is 18.9 Å². The van der Waals surface area contributed by atoms with E-state index in [0.717, 1.165) is 17.4 Å². The first-order valence-electron chi connectivity index (χ1n) is 6.06. The van der Waals surface area contributed by atoms with Crippen molar-refractivity contribution in [3.05, 3.63) is 52.9 Å². The summed E-state index contributed by atoms with van der Waals surface area (Å²) in [5.41, 5.74) is -2.52. The van der Waals surface area contributed by atoms with E-state index in [2.05, 4.69) is 0 Å². The van der Waals surface area contributed by atoms with Gasteiger partial charge in [0.25, 0.3) is 0 Å². The van der Waals surface area contributed by atoms with E-state index < -0.39 is 16.0 Å². The first-order chi connectivity index (χ1) is 9.02. The van der Waals surface area contributed by atoms with Crippen molar-refractivity contribution in [1.82, 2.24) is 0 Å². The lowest BCUT2D eigenvalue weighted by Crippen LogP contribution is -1.98. The first kappa shape index (κ1) is 12.5. The van der Waals surface area contributed by atoms with Crippen LogP contribution in [0.3, 0.4) is 0 Å². The monoisotopic (exact) mass is 281 g/mol. The largest absolute Gasteiger partial charge is 0.601 e. The lowest BCUT2D eigenvalue weighted by molar-refractivity contribution is -0.0866. The number of hydrogen-bond acceptors (Lipinski definition) is 0. The molecule has 2 aromatic rings. The van der Waals surface area contributed by atoms with Crippen molar-refractivity contribution in [2.75, 3.05) is 0 Å². The highest BCUT2D eigenvalue weighted by atomic mass is 32.2. The molecule has 0 spiro atoms. The maximum Gasteiger partial charge on any atom is 0.601 e. The number of alkyl halides is 3. The van der Waals surface area contributed by atoms with Crippen molar-refractivity contribution in [1.29, 1.82) is 0 Å². The summed E-state index contributed by atoms with van der Waals surface area (Å²) in [6, 6.07) is 6.96. The molecule has 1 aliphatic rings. The minimum atomic E-state index is -4.21. The topological polar surface area (TPSA) is 0 Å². The number of halogens is 3. The van der Waals surface area contributed by atoms with E-state index >= 15 is 0 Å². The molecule has 4 heteroatoms. The fourth-order valence-corrected chi connectivity index (χ4v) is 4.32. The van der Waals surface area contributed by atoms with Crippen molar-refractivity contribution in [3.8, 4) is 0 Å². The third-order valence-corrected chi connectivity index (χ3v) is 5.37. The standard InChI is InChI=1S/C15H12F3S/c1-2-10-5-4-8-13-12(10)9-14(11-6-3-7-11)19(13)15(16,17)18/h3-9H,2H2,1H3/q+1. The number of allylic oxidation sites excluding steroid dienone is 4. The third-order valence-electron chi connectivity index (χ3n) is 3.32. The van der Waals surface area contributed by atoms with Crippen LogP contribution in [-0.4, -0.2) is 0 Å². The summed E-state index contributed by atoms with van der Waals surface area (Å²) in [5.74, 6) is 0. The maximum absolute atomic E-state index is 13.4. The number of fused-ring (bicyclic) bond motifs is 1. The summed E-state index contributed by atoms with van der Waals surface area (Å²) >= 11 is 0. The number of aryl methyl sites for hydroxylation is 1. The maximum atomic E-state index is 13.4. The predicted octanol–water partition coefficient (Wildman–Crippen LogP) is 5.58. The highest BCUT2D eigenvalue weighted by Gasteiger charge is 2.48. The smallest absolute Gasteiger partial charge is 0.118 e. The molecule has 0 bridgehead atoms. The molecular weight excluding hydrogens is 269 g/mol. The van der Waals surface area contributed by atoms with Crippen molar-refractivity contribution < 1.29 is 13.2 Å². The summed E-state index contributed by atoms with van der Waals surface area (Å²) in [6.07, 6.45) is 6.01. The van der Waals surface area contributed by atoms with Crippen LogP contribution < -0.4 is 0 Å². The molecule has 3 rings (SSSR count). The Labute approximate surface area is 111 Å². The van der Waals surface area contributed by atoms with Crippen LogP contribution in [0.4, 0.5) is 13.2 Å². The van der Waals surface area contributed by atoms with Crippen LogP contribution in [0, 0.1) is 0 Å². The molecule has 0 aliphatic heterocycles. The van der Waals surface area contributed by atoms with Gasteiger partial charge in [-0.15, -0.1) is 13.2 Å². The number of hydrogen-bond donors (Lipinski definition) is 0. The summed E-state index contributed by atoms with van der Waals surface area (Å²) in [4.78, 5) is 0.408. The Morgan fingerprint density at radius 1 is 1.21 bits per heavy atom. The van der Waals surface area contributed by atoms with Gasteiger partial charge in [-0.25, -0.2) is 0 Å². The number of rotatable bonds is 2. The second-order valence-corrected chi connectivity index (χ2v) is 6.38. The average molecular weight is 281 g/mol. The Bertz CT molecular complexity index is 702. The highest BCUT2D eigenvalue weighted by Crippen LogP contribution is 2.54. The summed E-state index contributed by atoms with van der Waals surface area (Å²) in [5, 5.41) is 0.766. The highest BCUT2D eigenvalue weighted by molar-refractivity contribution is 7.39. The SMILES string of the molecule is CCc1cccc2c1cc(C1=CC=C1)[s+]2C(F)(F)F. The van der Waals surface area contributed by atoms with Crippen LogP contribution in [-0.2, 0) is 11.9 Å². The Kier molecular flexibility index (Phi) is 2.78. The average Bonchev–Trinajstić information content (AvgIpc) is 2.64. The van der Waals surface area contributed by atoms with E-state index in [1.807, 2.05) is 13.0 Å². The fourth-order valence-electron chi connectivity index (χ4n) is 2.36. The van der Waals surface area contributed by atoms with Crippen LogP contribution >= 0.6 is 10.5 Å². The summed E-state index contributed by atoms with van der Waals surface area (Å²) in [6.45, 7) is 1.97. The molecule has 1 unspecified atom stereocenters. The number of benzene rings is 1. The van der Waals surface area contributed by atoms with E-state index in [1.54, 1.807) is 36.4 Å². The predicted molar refractivity (Wildman–Crippen MR) is 74.2 cm³/mol. The van der Waals surface area contributed by atoms with Gasteiger partial charge in [-0.05, 0) is 30.2 Å². The van der Waals surface area contributed by atoms with Gasteiger partial charge in [0.05, 0.1) is 0 Å². The third kappa shape index (κ3) is 1.91. The molecule has 0 radical (unpaired) electrons. The Morgan fingerprint density at radius 2 is 1.95 bits per heavy atom. The fraction of sp³-hybridized carbons (Fsp3) is 0.200. The van der Waals surface area contributed by atoms with Crippen molar-refractivity contribution in [2.24, 2.45) is 0 Å². The van der Waals surface area contributed by atoms with Gasteiger partial charge in [-0.1, -0.05) is 25.1 Å². The van der Waals surface area contributed by atoms with Gasteiger partial charge < -0.3 is 0 Å². The molecule has 0 saturated carbocycles. The second-order valence-electron chi connectivity index (χ2n) is 4.42. The van der Waals surface area contributed by atoms with E-state index in [-0.39, 0.29) is 0 Å². The molecule has 1 aromatic carbocycles. The van der Waals surface area contributed by atoms with Gasteiger partial charge >= 0.3 is 5.51 Å². The van der Waals surface area contributed by atoms with Crippen LogP contribution in [0.15, 0.2) is 42.5 Å². The van der Waals surface area contributed by atoms with E-state index in [4.69, 9.17) is 0 Å². The van der Waals surface area contributed by atoms with Crippen LogP contribution in [0.2, 0.25) is 0 Å². The zero-order valence-corrected chi connectivity index (χ0v) is 11.1. The molecule has 1 atom stereocenters. The zero-order valence-electron chi connectivity index (χ0n) is 10.3. The van der Waals surface area contributed by atoms with Crippen LogP contribution in [0.1, 0.15) is 17.4 Å². The zero-order chi connectivity index (χ0) is 13.6. The van der Waals surface area contributed by atoms with Crippen LogP contribution in [0.5, 0.6) is 0 Å². The molecule has 0 nitrogen and oxygen atoms in total. The van der Waals surface area contributed by atoms with E-state index in [9.17, 15) is 13.2 Å². The van der Waals surface area contributed by atoms with Gasteiger partial charge in [0.2, 0.25) is 0 Å². The molecular formula is C15H12F3S+. The molecule has 0 N–H and O–H groups in total. The second kappa shape index (κ2) is 4.23. The summed E-state index contributed by atoms with van der Waals surface area (Å²) < 4.78 is 40.5. The normalized spacial score (nSPS) is 15.6. The van der Waals surface area contributed by atoms with Crippen LogP contribution in [0.25, 0.3) is 15.7 Å². The van der Waals surface area contributed by atoms with Gasteiger partial charge in [-0.3, -0.25) is 0 Å². The van der Waals surface area contributed by atoms with Gasteiger partial charge in [0.1, 0.15) is 10.5 Å².